The number of aryl methyl sites for hydroxylation is 3. The lowest BCUT2D eigenvalue weighted by atomic mass is 10.1. The predicted octanol–water partition coefficient (Wildman–Crippen LogP) is 4.58. The highest BCUT2D eigenvalue weighted by atomic mass is 32.2. The molecule has 27 heavy (non-hydrogen) atoms. The summed E-state index contributed by atoms with van der Waals surface area (Å²) in [6, 6.07) is 16.9. The summed E-state index contributed by atoms with van der Waals surface area (Å²) < 4.78 is 3.95. The first kappa shape index (κ1) is 17.5. The first-order valence-electron chi connectivity index (χ1n) is 8.80. The van der Waals surface area contributed by atoms with Gasteiger partial charge in [0.15, 0.2) is 11.0 Å². The second-order valence-electron chi connectivity index (χ2n) is 6.65. The van der Waals surface area contributed by atoms with Crippen molar-refractivity contribution in [1.82, 2.24) is 24.5 Å². The Morgan fingerprint density at radius 3 is 2.19 bits per heavy atom. The van der Waals surface area contributed by atoms with Crippen LogP contribution in [0, 0.1) is 13.8 Å². The van der Waals surface area contributed by atoms with E-state index >= 15 is 0 Å². The lowest BCUT2D eigenvalue weighted by molar-refractivity contribution is 0.767. The van der Waals surface area contributed by atoms with E-state index in [1.54, 1.807) is 11.8 Å². The Labute approximate surface area is 163 Å². The third kappa shape index (κ3) is 3.80. The monoisotopic (exact) mass is 375 g/mol. The molecule has 0 aliphatic carbocycles. The van der Waals surface area contributed by atoms with E-state index in [0.29, 0.717) is 0 Å². The van der Waals surface area contributed by atoms with Crippen LogP contribution in [0.1, 0.15) is 16.7 Å². The van der Waals surface area contributed by atoms with Crippen LogP contribution in [0.3, 0.4) is 0 Å². The summed E-state index contributed by atoms with van der Waals surface area (Å²) in [5.41, 5.74) is 5.74. The van der Waals surface area contributed by atoms with Crippen molar-refractivity contribution in [3.8, 4) is 17.1 Å². The fourth-order valence-corrected chi connectivity index (χ4v) is 3.74. The molecule has 4 aromatic rings. The molecule has 2 heterocycles. The van der Waals surface area contributed by atoms with Crippen LogP contribution >= 0.6 is 11.8 Å². The molecule has 0 saturated heterocycles. The van der Waals surface area contributed by atoms with Crippen LogP contribution in [0.2, 0.25) is 0 Å². The maximum Gasteiger partial charge on any atom is 0.196 e. The average molecular weight is 376 g/mol. The highest BCUT2D eigenvalue weighted by Crippen LogP contribution is 2.30. The summed E-state index contributed by atoms with van der Waals surface area (Å²) in [4.78, 5) is 0. The van der Waals surface area contributed by atoms with Gasteiger partial charge in [-0.15, -0.1) is 10.2 Å². The van der Waals surface area contributed by atoms with E-state index in [1.165, 1.54) is 11.1 Å². The summed E-state index contributed by atoms with van der Waals surface area (Å²) >= 11 is 1.67. The van der Waals surface area contributed by atoms with Gasteiger partial charge in [0.05, 0.1) is 6.20 Å². The van der Waals surface area contributed by atoms with Crippen LogP contribution < -0.4 is 0 Å². The number of hydrogen-bond donors (Lipinski definition) is 0. The van der Waals surface area contributed by atoms with Crippen LogP contribution in [-0.4, -0.2) is 24.5 Å². The predicted molar refractivity (Wildman–Crippen MR) is 109 cm³/mol. The molecule has 0 amide bonds. The third-order valence-corrected chi connectivity index (χ3v) is 5.36. The Morgan fingerprint density at radius 2 is 1.56 bits per heavy atom. The van der Waals surface area contributed by atoms with Crippen molar-refractivity contribution >= 4 is 11.8 Å². The molecule has 4 rings (SSSR count). The number of benzene rings is 2. The maximum atomic E-state index is 4.50. The zero-order chi connectivity index (χ0) is 18.8. The Kier molecular flexibility index (Phi) is 4.81. The van der Waals surface area contributed by atoms with E-state index in [0.717, 1.165) is 33.5 Å². The molecule has 0 unspecified atom stereocenters. The number of rotatable bonds is 5. The number of thioether (sulfide) groups is 1. The summed E-state index contributed by atoms with van der Waals surface area (Å²) in [6.07, 6.45) is 3.92. The van der Waals surface area contributed by atoms with E-state index in [2.05, 4.69) is 82.2 Å². The lowest BCUT2D eigenvalue weighted by Gasteiger charge is -2.11. The zero-order valence-electron chi connectivity index (χ0n) is 15.6. The van der Waals surface area contributed by atoms with Crippen molar-refractivity contribution in [2.75, 3.05) is 0 Å². The number of hydrogen-bond acceptors (Lipinski definition) is 4. The fraction of sp³-hybridized carbons (Fsp3) is 0.190. The van der Waals surface area contributed by atoms with E-state index in [9.17, 15) is 0 Å². The zero-order valence-corrected chi connectivity index (χ0v) is 16.4. The van der Waals surface area contributed by atoms with E-state index in [-0.39, 0.29) is 0 Å². The standard InChI is InChI=1S/C21H21N5S/c1-15-4-8-18(9-5-15)20-23-24-21(27-14-17-12-22-25(3)13-17)26(20)19-10-6-16(2)7-11-19/h4-13H,14H2,1-3H3. The smallest absolute Gasteiger partial charge is 0.196 e. The highest BCUT2D eigenvalue weighted by molar-refractivity contribution is 7.98. The van der Waals surface area contributed by atoms with Gasteiger partial charge >= 0.3 is 0 Å². The van der Waals surface area contributed by atoms with E-state index in [1.807, 2.05) is 24.1 Å². The lowest BCUT2D eigenvalue weighted by Crippen LogP contribution is -2.00. The molecule has 136 valence electrons. The molecule has 0 spiro atoms. The second kappa shape index (κ2) is 7.40. The van der Waals surface area contributed by atoms with Gasteiger partial charge in [-0.2, -0.15) is 5.10 Å². The van der Waals surface area contributed by atoms with E-state index < -0.39 is 0 Å². The van der Waals surface area contributed by atoms with Crippen molar-refractivity contribution in [3.63, 3.8) is 0 Å². The van der Waals surface area contributed by atoms with Gasteiger partial charge in [-0.25, -0.2) is 0 Å². The molecular weight excluding hydrogens is 354 g/mol. The molecule has 6 heteroatoms. The number of aromatic nitrogens is 5. The Balaban J connectivity index is 1.74. The molecule has 2 aromatic heterocycles. The summed E-state index contributed by atoms with van der Waals surface area (Å²) in [7, 11) is 1.93. The average Bonchev–Trinajstić information content (AvgIpc) is 3.27. The van der Waals surface area contributed by atoms with Crippen LogP contribution in [-0.2, 0) is 12.8 Å². The van der Waals surface area contributed by atoms with E-state index in [4.69, 9.17) is 0 Å². The van der Waals surface area contributed by atoms with Gasteiger partial charge in [0.25, 0.3) is 0 Å². The Morgan fingerprint density at radius 1 is 0.889 bits per heavy atom. The normalized spacial score (nSPS) is 11.1. The molecule has 2 aromatic carbocycles. The highest BCUT2D eigenvalue weighted by Gasteiger charge is 2.16. The molecule has 0 N–H and O–H groups in total. The minimum Gasteiger partial charge on any atom is -0.276 e. The van der Waals surface area contributed by atoms with Crippen molar-refractivity contribution in [1.29, 1.82) is 0 Å². The molecule has 5 nitrogen and oxygen atoms in total. The van der Waals surface area contributed by atoms with Crippen molar-refractivity contribution in [3.05, 3.63) is 77.6 Å². The summed E-state index contributed by atoms with van der Waals surface area (Å²) in [6.45, 7) is 4.18. The van der Waals surface area contributed by atoms with Crippen LogP contribution in [0.4, 0.5) is 0 Å². The van der Waals surface area contributed by atoms with Gasteiger partial charge in [0.1, 0.15) is 0 Å². The molecule has 0 aliphatic heterocycles. The van der Waals surface area contributed by atoms with Gasteiger partial charge < -0.3 is 0 Å². The number of nitrogens with zero attached hydrogens (tertiary/aromatic N) is 5. The Bertz CT molecular complexity index is 1050. The summed E-state index contributed by atoms with van der Waals surface area (Å²) in [5, 5.41) is 14.1. The first-order chi connectivity index (χ1) is 13.1. The van der Waals surface area contributed by atoms with Crippen molar-refractivity contribution < 1.29 is 0 Å². The maximum absolute atomic E-state index is 4.50. The molecule has 0 bridgehead atoms. The molecular formula is C21H21N5S. The van der Waals surface area contributed by atoms with Gasteiger partial charge in [-0.3, -0.25) is 9.25 Å². The van der Waals surface area contributed by atoms with Crippen LogP contribution in [0.25, 0.3) is 17.1 Å². The topological polar surface area (TPSA) is 48.5 Å². The van der Waals surface area contributed by atoms with Crippen LogP contribution in [0.15, 0.2) is 66.1 Å². The van der Waals surface area contributed by atoms with Crippen molar-refractivity contribution in [2.45, 2.75) is 24.8 Å². The third-order valence-electron chi connectivity index (χ3n) is 4.36. The van der Waals surface area contributed by atoms with Gasteiger partial charge in [-0.1, -0.05) is 59.3 Å². The van der Waals surface area contributed by atoms with Crippen molar-refractivity contribution in [2.24, 2.45) is 7.05 Å². The Hall–Kier alpha value is -2.86. The fourth-order valence-electron chi connectivity index (χ4n) is 2.87. The van der Waals surface area contributed by atoms with Gasteiger partial charge in [0.2, 0.25) is 0 Å². The first-order valence-corrected chi connectivity index (χ1v) is 9.78. The second-order valence-corrected chi connectivity index (χ2v) is 7.60. The minimum atomic E-state index is 0.797. The molecule has 0 radical (unpaired) electrons. The minimum absolute atomic E-state index is 0.797. The largest absolute Gasteiger partial charge is 0.276 e. The molecule has 0 saturated carbocycles. The summed E-state index contributed by atoms with van der Waals surface area (Å²) in [5.74, 6) is 1.65. The molecule has 0 aliphatic rings. The van der Waals surface area contributed by atoms with Gasteiger partial charge in [0, 0.05) is 35.8 Å². The molecule has 0 atom stereocenters. The van der Waals surface area contributed by atoms with Gasteiger partial charge in [-0.05, 0) is 26.0 Å². The molecule has 0 fully saturated rings. The quantitative estimate of drug-likeness (QED) is 0.479. The van der Waals surface area contributed by atoms with Crippen LogP contribution in [0.5, 0.6) is 0 Å². The SMILES string of the molecule is Cc1ccc(-c2nnc(SCc3cnn(C)c3)n2-c2ccc(C)cc2)cc1.